The molecule has 0 aromatic heterocycles. The van der Waals surface area contributed by atoms with Gasteiger partial charge in [-0.05, 0) is 53.4 Å². The average Bonchev–Trinajstić information content (AvgIpc) is 2.39. The first-order valence-electron chi connectivity index (χ1n) is 6.12. The lowest BCUT2D eigenvalue weighted by Gasteiger charge is -2.28. The Morgan fingerprint density at radius 1 is 1.33 bits per heavy atom. The van der Waals surface area contributed by atoms with Crippen LogP contribution in [0.3, 0.4) is 0 Å². The Labute approximate surface area is 116 Å². The van der Waals surface area contributed by atoms with Crippen molar-refractivity contribution in [2.45, 2.75) is 37.9 Å². The van der Waals surface area contributed by atoms with Crippen molar-refractivity contribution in [3.8, 4) is 11.8 Å². The Balaban J connectivity index is 2.01. The predicted octanol–water partition coefficient (Wildman–Crippen LogP) is 3.66. The quantitative estimate of drug-likeness (QED) is 0.855. The third kappa shape index (κ3) is 3.24. The molecule has 2 rings (SSSR count). The number of halogens is 1. The van der Waals surface area contributed by atoms with Crippen LogP contribution in [0.5, 0.6) is 5.75 Å². The highest BCUT2D eigenvalue weighted by atomic mass is 79.9. The number of nitriles is 1. The number of hydrogen-bond donors (Lipinski definition) is 0. The first kappa shape index (κ1) is 13.4. The van der Waals surface area contributed by atoms with Crippen LogP contribution in [-0.4, -0.2) is 19.3 Å². The van der Waals surface area contributed by atoms with Crippen LogP contribution in [-0.2, 0) is 4.74 Å². The molecule has 1 fully saturated rings. The Kier molecular flexibility index (Phi) is 4.62. The summed E-state index contributed by atoms with van der Waals surface area (Å²) < 4.78 is 12.1. The highest BCUT2D eigenvalue weighted by Gasteiger charge is 2.23. The third-order valence-electron chi connectivity index (χ3n) is 3.28. The average molecular weight is 310 g/mol. The van der Waals surface area contributed by atoms with E-state index in [1.165, 1.54) is 0 Å². The van der Waals surface area contributed by atoms with Gasteiger partial charge in [-0.25, -0.2) is 0 Å². The molecule has 18 heavy (non-hydrogen) atoms. The van der Waals surface area contributed by atoms with E-state index in [-0.39, 0.29) is 6.10 Å². The van der Waals surface area contributed by atoms with Gasteiger partial charge in [0.25, 0.3) is 0 Å². The van der Waals surface area contributed by atoms with Crippen LogP contribution < -0.4 is 4.74 Å². The molecule has 4 heteroatoms. The molecule has 0 heterocycles. The summed E-state index contributed by atoms with van der Waals surface area (Å²) in [6.45, 7) is 0. The second-order valence-corrected chi connectivity index (χ2v) is 5.37. The van der Waals surface area contributed by atoms with Gasteiger partial charge < -0.3 is 9.47 Å². The topological polar surface area (TPSA) is 42.2 Å². The normalized spacial score (nSPS) is 23.4. The van der Waals surface area contributed by atoms with E-state index in [0.717, 1.165) is 35.9 Å². The van der Waals surface area contributed by atoms with Gasteiger partial charge in [0.05, 0.1) is 11.7 Å². The van der Waals surface area contributed by atoms with E-state index < -0.39 is 0 Å². The summed E-state index contributed by atoms with van der Waals surface area (Å²) in [5, 5.41) is 8.86. The van der Waals surface area contributed by atoms with Crippen molar-refractivity contribution in [1.82, 2.24) is 0 Å². The number of nitrogens with zero attached hydrogens (tertiary/aromatic N) is 1. The fraction of sp³-hybridized carbons (Fsp3) is 0.500. The summed E-state index contributed by atoms with van der Waals surface area (Å²) in [6.07, 6.45) is 4.79. The number of hydrogen-bond acceptors (Lipinski definition) is 3. The maximum Gasteiger partial charge on any atom is 0.120 e. The van der Waals surface area contributed by atoms with Gasteiger partial charge in [0, 0.05) is 18.0 Å². The molecule has 0 radical (unpaired) electrons. The zero-order valence-corrected chi connectivity index (χ0v) is 11.9. The smallest absolute Gasteiger partial charge is 0.120 e. The molecule has 0 spiro atoms. The SMILES string of the molecule is COC1CCCC(Oc2ccc(C#N)c(Br)c2)C1. The van der Waals surface area contributed by atoms with Crippen molar-refractivity contribution in [3.63, 3.8) is 0 Å². The van der Waals surface area contributed by atoms with E-state index in [2.05, 4.69) is 22.0 Å². The zero-order valence-electron chi connectivity index (χ0n) is 10.4. The molecule has 2 unspecified atom stereocenters. The number of rotatable bonds is 3. The molecule has 2 atom stereocenters. The van der Waals surface area contributed by atoms with Gasteiger partial charge in [0.2, 0.25) is 0 Å². The first-order chi connectivity index (χ1) is 8.72. The Hall–Kier alpha value is -1.05. The van der Waals surface area contributed by atoms with Crippen molar-refractivity contribution < 1.29 is 9.47 Å². The largest absolute Gasteiger partial charge is 0.490 e. The summed E-state index contributed by atoms with van der Waals surface area (Å²) in [5.74, 6) is 0.808. The lowest BCUT2D eigenvalue weighted by molar-refractivity contribution is 0.0209. The predicted molar refractivity (Wildman–Crippen MR) is 72.5 cm³/mol. The molecule has 1 aromatic rings. The molecule has 1 aliphatic carbocycles. The molecule has 0 saturated heterocycles. The minimum absolute atomic E-state index is 0.212. The van der Waals surface area contributed by atoms with Crippen LogP contribution in [0.25, 0.3) is 0 Å². The number of methoxy groups -OCH3 is 1. The molecule has 1 saturated carbocycles. The zero-order chi connectivity index (χ0) is 13.0. The van der Waals surface area contributed by atoms with Gasteiger partial charge in [0.15, 0.2) is 0 Å². The Morgan fingerprint density at radius 3 is 2.78 bits per heavy atom. The Morgan fingerprint density at radius 2 is 2.11 bits per heavy atom. The molecular formula is C14H16BrNO2. The van der Waals surface area contributed by atoms with Crippen LogP contribution in [0.1, 0.15) is 31.2 Å². The van der Waals surface area contributed by atoms with Gasteiger partial charge in [-0.15, -0.1) is 0 Å². The number of ether oxygens (including phenoxy) is 2. The van der Waals surface area contributed by atoms with E-state index in [9.17, 15) is 0 Å². The van der Waals surface area contributed by atoms with Crippen LogP contribution in [0.4, 0.5) is 0 Å². The highest BCUT2D eigenvalue weighted by molar-refractivity contribution is 9.10. The fourth-order valence-corrected chi connectivity index (χ4v) is 2.72. The first-order valence-corrected chi connectivity index (χ1v) is 6.91. The summed E-state index contributed by atoms with van der Waals surface area (Å²) in [7, 11) is 1.76. The van der Waals surface area contributed by atoms with Crippen LogP contribution in [0.2, 0.25) is 0 Å². The highest BCUT2D eigenvalue weighted by Crippen LogP contribution is 2.28. The maximum absolute atomic E-state index is 8.86. The van der Waals surface area contributed by atoms with Crippen LogP contribution >= 0.6 is 15.9 Å². The molecule has 96 valence electrons. The summed E-state index contributed by atoms with van der Waals surface area (Å²) >= 11 is 3.37. The van der Waals surface area contributed by atoms with Crippen molar-refractivity contribution in [1.29, 1.82) is 5.26 Å². The van der Waals surface area contributed by atoms with Crippen molar-refractivity contribution in [3.05, 3.63) is 28.2 Å². The standard InChI is InChI=1S/C14H16BrNO2/c1-17-11-3-2-4-12(7-11)18-13-6-5-10(9-16)14(15)8-13/h5-6,8,11-12H,2-4,7H2,1H3. The van der Waals surface area contributed by atoms with E-state index in [0.29, 0.717) is 11.7 Å². The summed E-state index contributed by atoms with van der Waals surface area (Å²) in [6, 6.07) is 7.60. The van der Waals surface area contributed by atoms with E-state index >= 15 is 0 Å². The molecule has 0 aliphatic heterocycles. The maximum atomic E-state index is 8.86. The minimum Gasteiger partial charge on any atom is -0.490 e. The lowest BCUT2D eigenvalue weighted by Crippen LogP contribution is -2.29. The molecule has 3 nitrogen and oxygen atoms in total. The van der Waals surface area contributed by atoms with Crippen molar-refractivity contribution in [2.24, 2.45) is 0 Å². The van der Waals surface area contributed by atoms with E-state index in [1.54, 1.807) is 13.2 Å². The van der Waals surface area contributed by atoms with Gasteiger partial charge in [0.1, 0.15) is 17.9 Å². The van der Waals surface area contributed by atoms with Crippen molar-refractivity contribution in [2.75, 3.05) is 7.11 Å². The van der Waals surface area contributed by atoms with Gasteiger partial charge >= 0.3 is 0 Å². The molecule has 1 aliphatic rings. The summed E-state index contributed by atoms with van der Waals surface area (Å²) in [4.78, 5) is 0. The number of benzene rings is 1. The monoisotopic (exact) mass is 309 g/mol. The third-order valence-corrected chi connectivity index (χ3v) is 3.93. The molecule has 1 aromatic carbocycles. The second kappa shape index (κ2) is 6.21. The van der Waals surface area contributed by atoms with Crippen LogP contribution in [0, 0.1) is 11.3 Å². The van der Waals surface area contributed by atoms with Crippen molar-refractivity contribution >= 4 is 15.9 Å². The molecular weight excluding hydrogens is 294 g/mol. The van der Waals surface area contributed by atoms with E-state index in [4.69, 9.17) is 14.7 Å². The Bertz CT molecular complexity index is 456. The van der Waals surface area contributed by atoms with Gasteiger partial charge in [-0.2, -0.15) is 5.26 Å². The van der Waals surface area contributed by atoms with Gasteiger partial charge in [-0.1, -0.05) is 0 Å². The fourth-order valence-electron chi connectivity index (χ4n) is 2.28. The van der Waals surface area contributed by atoms with Crippen LogP contribution in [0.15, 0.2) is 22.7 Å². The lowest BCUT2D eigenvalue weighted by atomic mass is 9.95. The molecule has 0 bridgehead atoms. The van der Waals surface area contributed by atoms with Gasteiger partial charge in [-0.3, -0.25) is 0 Å². The second-order valence-electron chi connectivity index (χ2n) is 4.52. The molecule has 0 amide bonds. The van der Waals surface area contributed by atoms with E-state index in [1.807, 2.05) is 12.1 Å². The summed E-state index contributed by atoms with van der Waals surface area (Å²) in [5.41, 5.74) is 0.626. The molecule has 0 N–H and O–H groups in total. The minimum atomic E-state index is 0.212.